The normalized spacial score (nSPS) is 12.9. The van der Waals surface area contributed by atoms with Gasteiger partial charge in [0.1, 0.15) is 6.10 Å². The van der Waals surface area contributed by atoms with Crippen molar-refractivity contribution >= 4 is 5.78 Å². The predicted molar refractivity (Wildman–Crippen MR) is 56.2 cm³/mol. The first kappa shape index (κ1) is 10.9. The molecule has 0 radical (unpaired) electrons. The lowest BCUT2D eigenvalue weighted by molar-refractivity contribution is 0.0704. The van der Waals surface area contributed by atoms with E-state index in [1.54, 1.807) is 24.3 Å². The summed E-state index contributed by atoms with van der Waals surface area (Å²) in [5.74, 6) is 0.150. The van der Waals surface area contributed by atoms with Crippen LogP contribution in [0.1, 0.15) is 30.6 Å². The second-order valence-corrected chi connectivity index (χ2v) is 3.88. The van der Waals surface area contributed by atoms with E-state index < -0.39 is 6.10 Å². The number of hydrogen-bond acceptors (Lipinski definition) is 2. The van der Waals surface area contributed by atoms with Gasteiger partial charge in [0.15, 0.2) is 5.78 Å². The van der Waals surface area contributed by atoms with Crippen molar-refractivity contribution in [3.63, 3.8) is 0 Å². The first-order valence-electron chi connectivity index (χ1n) is 4.88. The highest BCUT2D eigenvalue weighted by atomic mass is 16.3. The fourth-order valence-corrected chi connectivity index (χ4v) is 1.35. The molecule has 0 bridgehead atoms. The summed E-state index contributed by atoms with van der Waals surface area (Å²) >= 11 is 0. The summed E-state index contributed by atoms with van der Waals surface area (Å²) in [6, 6.07) is 8.91. The minimum atomic E-state index is -0.864. The number of aliphatic hydroxyl groups is 1. The van der Waals surface area contributed by atoms with Gasteiger partial charge in [0.25, 0.3) is 0 Å². The molecule has 0 aliphatic heterocycles. The maximum absolute atomic E-state index is 11.6. The third-order valence-corrected chi connectivity index (χ3v) is 2.06. The van der Waals surface area contributed by atoms with Crippen LogP contribution in [-0.2, 0) is 0 Å². The molecule has 0 amide bonds. The second-order valence-electron chi connectivity index (χ2n) is 3.88. The fraction of sp³-hybridized carbons (Fsp3) is 0.417. The maximum atomic E-state index is 11.6. The Hall–Kier alpha value is -1.15. The second kappa shape index (κ2) is 4.91. The van der Waals surface area contributed by atoms with Crippen LogP contribution in [-0.4, -0.2) is 17.0 Å². The van der Waals surface area contributed by atoms with Gasteiger partial charge >= 0.3 is 0 Å². The lowest BCUT2D eigenvalue weighted by Crippen LogP contribution is -2.22. The van der Waals surface area contributed by atoms with E-state index in [-0.39, 0.29) is 5.78 Å². The van der Waals surface area contributed by atoms with Crippen LogP contribution in [0.2, 0.25) is 0 Å². The lowest BCUT2D eigenvalue weighted by Gasteiger charge is -2.11. The Morgan fingerprint density at radius 2 is 1.86 bits per heavy atom. The molecule has 0 heterocycles. The molecule has 0 saturated heterocycles. The zero-order chi connectivity index (χ0) is 10.6. The summed E-state index contributed by atoms with van der Waals surface area (Å²) in [4.78, 5) is 11.6. The molecule has 14 heavy (non-hydrogen) atoms. The SMILES string of the molecule is CC(C)C[C@H](O)C(=O)c1ccccc1. The molecule has 1 aromatic carbocycles. The predicted octanol–water partition coefficient (Wildman–Crippen LogP) is 2.28. The van der Waals surface area contributed by atoms with Gasteiger partial charge in [-0.3, -0.25) is 4.79 Å². The van der Waals surface area contributed by atoms with Crippen LogP contribution in [0.15, 0.2) is 30.3 Å². The summed E-state index contributed by atoms with van der Waals surface area (Å²) < 4.78 is 0. The average molecular weight is 192 g/mol. The molecule has 0 unspecified atom stereocenters. The highest BCUT2D eigenvalue weighted by Gasteiger charge is 2.17. The summed E-state index contributed by atoms with van der Waals surface area (Å²) in [5, 5.41) is 9.59. The van der Waals surface area contributed by atoms with Crippen molar-refractivity contribution in [1.82, 2.24) is 0 Å². The number of aliphatic hydroxyl groups excluding tert-OH is 1. The highest BCUT2D eigenvalue weighted by molar-refractivity contribution is 5.99. The quantitative estimate of drug-likeness (QED) is 0.743. The van der Waals surface area contributed by atoms with Gasteiger partial charge in [-0.2, -0.15) is 0 Å². The van der Waals surface area contributed by atoms with Crippen LogP contribution in [0, 0.1) is 5.92 Å². The van der Waals surface area contributed by atoms with E-state index >= 15 is 0 Å². The fourth-order valence-electron chi connectivity index (χ4n) is 1.35. The standard InChI is InChI=1S/C12H16O2/c1-9(2)8-11(13)12(14)10-6-4-3-5-7-10/h3-7,9,11,13H,8H2,1-2H3/t11-/m0/s1. The summed E-state index contributed by atoms with van der Waals surface area (Å²) in [5.41, 5.74) is 0.584. The molecule has 0 saturated carbocycles. The summed E-state index contributed by atoms with van der Waals surface area (Å²) in [6.45, 7) is 3.98. The zero-order valence-corrected chi connectivity index (χ0v) is 8.60. The van der Waals surface area contributed by atoms with E-state index in [1.165, 1.54) is 0 Å². The van der Waals surface area contributed by atoms with E-state index in [0.717, 1.165) is 0 Å². The van der Waals surface area contributed by atoms with E-state index in [0.29, 0.717) is 17.9 Å². The van der Waals surface area contributed by atoms with Gasteiger partial charge in [0.05, 0.1) is 0 Å². The number of benzene rings is 1. The molecule has 0 aliphatic carbocycles. The Morgan fingerprint density at radius 3 is 2.36 bits per heavy atom. The van der Waals surface area contributed by atoms with Crippen molar-refractivity contribution in [2.45, 2.75) is 26.4 Å². The molecule has 0 spiro atoms. The molecule has 0 fully saturated rings. The molecule has 1 N–H and O–H groups in total. The van der Waals surface area contributed by atoms with Crippen LogP contribution in [0.3, 0.4) is 0 Å². The van der Waals surface area contributed by atoms with Crippen LogP contribution in [0.4, 0.5) is 0 Å². The van der Waals surface area contributed by atoms with Crippen molar-refractivity contribution < 1.29 is 9.90 Å². The summed E-state index contributed by atoms with van der Waals surface area (Å²) in [7, 11) is 0. The number of rotatable bonds is 4. The maximum Gasteiger partial charge on any atom is 0.191 e. The molecular formula is C12H16O2. The first-order chi connectivity index (χ1) is 6.61. The summed E-state index contributed by atoms with van der Waals surface area (Å²) in [6.07, 6.45) is -0.342. The molecule has 1 rings (SSSR count). The van der Waals surface area contributed by atoms with E-state index in [9.17, 15) is 9.90 Å². The van der Waals surface area contributed by atoms with Crippen LogP contribution >= 0.6 is 0 Å². The smallest absolute Gasteiger partial charge is 0.191 e. The molecule has 0 aliphatic rings. The number of Topliss-reactive ketones (excluding diaryl/α,β-unsaturated/α-hetero) is 1. The van der Waals surface area contributed by atoms with Gasteiger partial charge in [-0.1, -0.05) is 44.2 Å². The molecule has 2 nitrogen and oxygen atoms in total. The van der Waals surface area contributed by atoms with Crippen LogP contribution < -0.4 is 0 Å². The monoisotopic (exact) mass is 192 g/mol. The van der Waals surface area contributed by atoms with Crippen molar-refractivity contribution in [2.75, 3.05) is 0 Å². The van der Waals surface area contributed by atoms with Crippen molar-refractivity contribution in [3.05, 3.63) is 35.9 Å². The number of carbonyl (C=O) groups is 1. The van der Waals surface area contributed by atoms with E-state index in [1.807, 2.05) is 19.9 Å². The molecule has 76 valence electrons. The Bertz CT molecular complexity index is 290. The Labute approximate surface area is 84.6 Å². The number of ketones is 1. The largest absolute Gasteiger partial charge is 0.385 e. The van der Waals surface area contributed by atoms with Gasteiger partial charge in [-0.25, -0.2) is 0 Å². The Morgan fingerprint density at radius 1 is 1.29 bits per heavy atom. The number of carbonyl (C=O) groups excluding carboxylic acids is 1. The third-order valence-electron chi connectivity index (χ3n) is 2.06. The lowest BCUT2D eigenvalue weighted by atomic mass is 9.99. The van der Waals surface area contributed by atoms with E-state index in [2.05, 4.69) is 0 Å². The molecule has 0 aromatic heterocycles. The Balaban J connectivity index is 2.66. The highest BCUT2D eigenvalue weighted by Crippen LogP contribution is 2.10. The third kappa shape index (κ3) is 2.96. The Kier molecular flexibility index (Phi) is 3.84. The van der Waals surface area contributed by atoms with Gasteiger partial charge in [0, 0.05) is 5.56 Å². The van der Waals surface area contributed by atoms with Crippen molar-refractivity contribution in [2.24, 2.45) is 5.92 Å². The van der Waals surface area contributed by atoms with E-state index in [4.69, 9.17) is 0 Å². The average Bonchev–Trinajstić information content (AvgIpc) is 2.17. The van der Waals surface area contributed by atoms with Gasteiger partial charge in [-0.05, 0) is 12.3 Å². The van der Waals surface area contributed by atoms with Gasteiger partial charge in [0.2, 0.25) is 0 Å². The first-order valence-corrected chi connectivity index (χ1v) is 4.88. The van der Waals surface area contributed by atoms with Crippen LogP contribution in [0.5, 0.6) is 0 Å². The molecule has 1 aromatic rings. The minimum absolute atomic E-state index is 0.181. The molecular weight excluding hydrogens is 176 g/mol. The van der Waals surface area contributed by atoms with Crippen molar-refractivity contribution in [1.29, 1.82) is 0 Å². The molecule has 1 atom stereocenters. The van der Waals surface area contributed by atoms with Crippen molar-refractivity contribution in [3.8, 4) is 0 Å². The number of hydrogen-bond donors (Lipinski definition) is 1. The zero-order valence-electron chi connectivity index (χ0n) is 8.60. The topological polar surface area (TPSA) is 37.3 Å². The van der Waals surface area contributed by atoms with Gasteiger partial charge in [-0.15, -0.1) is 0 Å². The van der Waals surface area contributed by atoms with Gasteiger partial charge < -0.3 is 5.11 Å². The molecule has 2 heteroatoms. The van der Waals surface area contributed by atoms with Crippen LogP contribution in [0.25, 0.3) is 0 Å². The minimum Gasteiger partial charge on any atom is -0.385 e.